The summed E-state index contributed by atoms with van der Waals surface area (Å²) in [6.45, 7) is 0. The van der Waals surface area contributed by atoms with Gasteiger partial charge >= 0.3 is 0 Å². The van der Waals surface area contributed by atoms with Gasteiger partial charge < -0.3 is 9.47 Å². The molecule has 0 bridgehead atoms. The number of terminal acetylenes is 1. The number of benzene rings is 1. The van der Waals surface area contributed by atoms with Crippen molar-refractivity contribution in [3.63, 3.8) is 0 Å². The van der Waals surface area contributed by atoms with Crippen molar-refractivity contribution in [3.8, 4) is 23.8 Å². The highest BCUT2D eigenvalue weighted by atomic mass is 79.9. The molecule has 0 fully saturated rings. The number of methoxy groups -OCH3 is 2. The summed E-state index contributed by atoms with van der Waals surface area (Å²) in [7, 11) is 2.96. The highest BCUT2D eigenvalue weighted by molar-refractivity contribution is 9.10. The minimum absolute atomic E-state index is 0.389. The highest BCUT2D eigenvalue weighted by Gasteiger charge is 2.15. The number of hydrogen-bond donors (Lipinski definition) is 0. The molecule has 3 nitrogen and oxygen atoms in total. The van der Waals surface area contributed by atoms with Gasteiger partial charge in [-0.3, -0.25) is 4.79 Å². The van der Waals surface area contributed by atoms with E-state index in [9.17, 15) is 4.79 Å². The second-order valence-electron chi connectivity index (χ2n) is 2.65. The molecule has 0 radical (unpaired) electrons. The minimum Gasteiger partial charge on any atom is -0.495 e. The van der Waals surface area contributed by atoms with E-state index in [4.69, 9.17) is 15.9 Å². The van der Waals surface area contributed by atoms with Crippen LogP contribution in [0.2, 0.25) is 0 Å². The van der Waals surface area contributed by atoms with Gasteiger partial charge in [-0.15, -0.1) is 6.42 Å². The summed E-state index contributed by atoms with van der Waals surface area (Å²) in [5.41, 5.74) is 0.917. The molecule has 1 aromatic carbocycles. The van der Waals surface area contributed by atoms with Gasteiger partial charge in [-0.05, 0) is 22.0 Å². The fourth-order valence-corrected chi connectivity index (χ4v) is 1.92. The van der Waals surface area contributed by atoms with Crippen molar-refractivity contribution in [2.75, 3.05) is 14.2 Å². The summed E-state index contributed by atoms with van der Waals surface area (Å²) in [6, 6.07) is 1.55. The molecule has 0 saturated carbocycles. The molecule has 0 aliphatic rings. The summed E-state index contributed by atoms with van der Waals surface area (Å²) < 4.78 is 10.7. The summed E-state index contributed by atoms with van der Waals surface area (Å²) >= 11 is 3.28. The molecule has 0 heterocycles. The Morgan fingerprint density at radius 2 is 2.13 bits per heavy atom. The van der Waals surface area contributed by atoms with Gasteiger partial charge in [-0.25, -0.2) is 0 Å². The van der Waals surface area contributed by atoms with Crippen molar-refractivity contribution in [1.82, 2.24) is 0 Å². The average molecular weight is 269 g/mol. The Bertz CT molecular complexity index is 432. The van der Waals surface area contributed by atoms with Gasteiger partial charge in [-0.2, -0.15) is 0 Å². The molecule has 1 aromatic rings. The van der Waals surface area contributed by atoms with E-state index < -0.39 is 0 Å². The second kappa shape index (κ2) is 4.85. The van der Waals surface area contributed by atoms with Crippen molar-refractivity contribution >= 4 is 22.2 Å². The molecule has 15 heavy (non-hydrogen) atoms. The number of ether oxygens (including phenoxy) is 2. The topological polar surface area (TPSA) is 35.5 Å². The molecule has 4 heteroatoms. The fourth-order valence-electron chi connectivity index (χ4n) is 1.22. The normalized spacial score (nSPS) is 9.20. The average Bonchev–Trinajstić information content (AvgIpc) is 2.27. The molecule has 0 saturated heterocycles. The molecule has 0 aromatic heterocycles. The zero-order chi connectivity index (χ0) is 11.4. The van der Waals surface area contributed by atoms with Crippen LogP contribution < -0.4 is 9.47 Å². The van der Waals surface area contributed by atoms with Crippen LogP contribution in [0.1, 0.15) is 15.9 Å². The molecule has 0 unspecified atom stereocenters. The Morgan fingerprint density at radius 1 is 1.47 bits per heavy atom. The monoisotopic (exact) mass is 268 g/mol. The Kier molecular flexibility index (Phi) is 3.75. The first kappa shape index (κ1) is 11.6. The van der Waals surface area contributed by atoms with Crippen LogP contribution in [0.25, 0.3) is 0 Å². The predicted molar refractivity (Wildman–Crippen MR) is 60.6 cm³/mol. The first-order valence-corrected chi connectivity index (χ1v) is 4.85. The van der Waals surface area contributed by atoms with Crippen LogP contribution in [0.4, 0.5) is 0 Å². The van der Waals surface area contributed by atoms with Crippen LogP contribution in [-0.4, -0.2) is 20.5 Å². The SMILES string of the molecule is C#Cc1c(OC)cc(C=O)c(OC)c1Br. The molecule has 0 N–H and O–H groups in total. The number of carbonyl (C=O) groups excluding carboxylic acids is 1. The van der Waals surface area contributed by atoms with Gasteiger partial charge in [0.1, 0.15) is 11.5 Å². The number of halogens is 1. The lowest BCUT2D eigenvalue weighted by atomic mass is 10.1. The molecule has 0 aliphatic heterocycles. The molecule has 0 amide bonds. The summed E-state index contributed by atoms with van der Waals surface area (Å²) in [4.78, 5) is 10.8. The molecular formula is C11H9BrO3. The molecular weight excluding hydrogens is 260 g/mol. The molecule has 0 atom stereocenters. The van der Waals surface area contributed by atoms with E-state index in [1.807, 2.05) is 0 Å². The lowest BCUT2D eigenvalue weighted by molar-refractivity contribution is 0.112. The zero-order valence-corrected chi connectivity index (χ0v) is 9.92. The highest BCUT2D eigenvalue weighted by Crippen LogP contribution is 2.37. The van der Waals surface area contributed by atoms with Gasteiger partial charge in [0.15, 0.2) is 6.29 Å². The van der Waals surface area contributed by atoms with E-state index in [0.29, 0.717) is 33.4 Å². The van der Waals surface area contributed by atoms with Gasteiger partial charge in [-0.1, -0.05) is 5.92 Å². The van der Waals surface area contributed by atoms with Crippen LogP contribution in [0.3, 0.4) is 0 Å². The van der Waals surface area contributed by atoms with E-state index in [0.717, 1.165) is 0 Å². The minimum atomic E-state index is 0.389. The Morgan fingerprint density at radius 3 is 2.53 bits per heavy atom. The molecule has 78 valence electrons. The summed E-state index contributed by atoms with van der Waals surface area (Å²) in [6.07, 6.45) is 6.03. The van der Waals surface area contributed by atoms with Crippen molar-refractivity contribution in [1.29, 1.82) is 0 Å². The fraction of sp³-hybridized carbons (Fsp3) is 0.182. The Labute approximate surface area is 96.5 Å². The van der Waals surface area contributed by atoms with Crippen LogP contribution in [-0.2, 0) is 0 Å². The second-order valence-corrected chi connectivity index (χ2v) is 3.45. The standard InChI is InChI=1S/C11H9BrO3/c1-4-8-9(14-2)5-7(6-13)11(15-3)10(8)12/h1,5-6H,2-3H3. The number of aldehydes is 1. The summed E-state index contributed by atoms with van der Waals surface area (Å²) in [5, 5.41) is 0. The van der Waals surface area contributed by atoms with Gasteiger partial charge in [0.05, 0.1) is 29.8 Å². The Hall–Kier alpha value is -1.47. The number of hydrogen-bond acceptors (Lipinski definition) is 3. The van der Waals surface area contributed by atoms with Crippen LogP contribution in [0.5, 0.6) is 11.5 Å². The lowest BCUT2D eigenvalue weighted by Gasteiger charge is -2.11. The van der Waals surface area contributed by atoms with E-state index in [-0.39, 0.29) is 0 Å². The largest absolute Gasteiger partial charge is 0.495 e. The van der Waals surface area contributed by atoms with E-state index >= 15 is 0 Å². The van der Waals surface area contributed by atoms with E-state index in [1.165, 1.54) is 14.2 Å². The third kappa shape index (κ3) is 1.97. The predicted octanol–water partition coefficient (Wildman–Crippen LogP) is 2.26. The quantitative estimate of drug-likeness (QED) is 0.623. The zero-order valence-electron chi connectivity index (χ0n) is 8.33. The van der Waals surface area contributed by atoms with Crippen LogP contribution in [0.15, 0.2) is 10.5 Å². The van der Waals surface area contributed by atoms with Crippen LogP contribution in [0, 0.1) is 12.3 Å². The van der Waals surface area contributed by atoms with Gasteiger partial charge in [0.25, 0.3) is 0 Å². The smallest absolute Gasteiger partial charge is 0.153 e. The number of rotatable bonds is 3. The number of carbonyl (C=O) groups is 1. The van der Waals surface area contributed by atoms with Gasteiger partial charge in [0, 0.05) is 0 Å². The van der Waals surface area contributed by atoms with E-state index in [1.54, 1.807) is 6.07 Å². The van der Waals surface area contributed by atoms with Crippen molar-refractivity contribution in [2.24, 2.45) is 0 Å². The van der Waals surface area contributed by atoms with Crippen molar-refractivity contribution in [3.05, 3.63) is 21.7 Å². The first-order chi connectivity index (χ1) is 7.19. The molecule has 0 spiro atoms. The first-order valence-electron chi connectivity index (χ1n) is 4.05. The maximum atomic E-state index is 10.8. The summed E-state index contributed by atoms with van der Waals surface area (Å²) in [5.74, 6) is 3.35. The molecule has 0 aliphatic carbocycles. The Balaban J connectivity index is 3.57. The molecule has 1 rings (SSSR count). The van der Waals surface area contributed by atoms with Crippen LogP contribution >= 0.6 is 15.9 Å². The third-order valence-electron chi connectivity index (χ3n) is 1.91. The van der Waals surface area contributed by atoms with E-state index in [2.05, 4.69) is 21.9 Å². The van der Waals surface area contributed by atoms with Crippen molar-refractivity contribution < 1.29 is 14.3 Å². The maximum absolute atomic E-state index is 10.8. The third-order valence-corrected chi connectivity index (χ3v) is 2.67. The maximum Gasteiger partial charge on any atom is 0.153 e. The van der Waals surface area contributed by atoms with Crippen molar-refractivity contribution in [2.45, 2.75) is 0 Å². The van der Waals surface area contributed by atoms with Gasteiger partial charge in [0.2, 0.25) is 0 Å². The lowest BCUT2D eigenvalue weighted by Crippen LogP contribution is -1.97.